The van der Waals surface area contributed by atoms with Crippen LogP contribution in [0.25, 0.3) is 0 Å². The lowest BCUT2D eigenvalue weighted by Gasteiger charge is -2.25. The highest BCUT2D eigenvalue weighted by molar-refractivity contribution is 5.78. The molecule has 0 aromatic carbocycles. The number of carboxylic acid groups (broad SMARTS) is 3. The van der Waals surface area contributed by atoms with Gasteiger partial charge in [0.1, 0.15) is 6.04 Å². The van der Waals surface area contributed by atoms with E-state index in [1.807, 2.05) is 0 Å². The molecule has 0 saturated heterocycles. The van der Waals surface area contributed by atoms with Crippen LogP contribution in [0.1, 0.15) is 19.3 Å². The first-order chi connectivity index (χ1) is 8.88. The molecule has 110 valence electrons. The van der Waals surface area contributed by atoms with Gasteiger partial charge in [0.15, 0.2) is 0 Å². The second-order valence-corrected chi connectivity index (χ2v) is 4.15. The quantitative estimate of drug-likeness (QED) is 0.365. The zero-order chi connectivity index (χ0) is 14.8. The third-order valence-electron chi connectivity index (χ3n) is 2.56. The fourth-order valence-electron chi connectivity index (χ4n) is 1.73. The van der Waals surface area contributed by atoms with Crippen LogP contribution in [0.3, 0.4) is 0 Å². The van der Waals surface area contributed by atoms with E-state index in [1.165, 1.54) is 0 Å². The molecule has 1 unspecified atom stereocenters. The van der Waals surface area contributed by atoms with Gasteiger partial charge in [-0.1, -0.05) is 6.42 Å². The second-order valence-electron chi connectivity index (χ2n) is 4.15. The van der Waals surface area contributed by atoms with E-state index in [2.05, 4.69) is 5.32 Å². The largest absolute Gasteiger partial charge is 0.480 e. The Balaban J connectivity index is 4.59. The summed E-state index contributed by atoms with van der Waals surface area (Å²) < 4.78 is 0. The van der Waals surface area contributed by atoms with E-state index in [-0.39, 0.29) is 6.42 Å². The van der Waals surface area contributed by atoms with E-state index in [0.717, 1.165) is 17.9 Å². The van der Waals surface area contributed by atoms with Crippen LogP contribution < -0.4 is 5.32 Å². The van der Waals surface area contributed by atoms with Gasteiger partial charge in [-0.2, -0.15) is 0 Å². The van der Waals surface area contributed by atoms with Crippen LogP contribution >= 0.6 is 0 Å². The first-order valence-corrected chi connectivity index (χ1v) is 5.93. The number of rotatable bonds is 11. The summed E-state index contributed by atoms with van der Waals surface area (Å²) in [4.78, 5) is 33.4. The summed E-state index contributed by atoms with van der Waals surface area (Å²) >= 11 is 0. The van der Waals surface area contributed by atoms with Crippen molar-refractivity contribution in [2.45, 2.75) is 25.3 Å². The van der Waals surface area contributed by atoms with Crippen molar-refractivity contribution < 1.29 is 29.7 Å². The number of hydrogen-bond donors (Lipinski definition) is 4. The Morgan fingerprint density at radius 2 is 1.58 bits per heavy atom. The summed E-state index contributed by atoms with van der Waals surface area (Å²) in [5.74, 6) is -3.70. The van der Waals surface area contributed by atoms with Crippen LogP contribution in [0.4, 0.5) is 0 Å². The fraction of sp³-hybridized carbons (Fsp3) is 0.727. The number of aliphatic carboxylic acids is 3. The number of hydrogen-bond acceptors (Lipinski definition) is 5. The predicted octanol–water partition coefficient (Wildman–Crippen LogP) is -0.699. The molecular weight excluding hydrogens is 256 g/mol. The van der Waals surface area contributed by atoms with Crippen LogP contribution in [0.2, 0.25) is 0 Å². The van der Waals surface area contributed by atoms with Crippen molar-refractivity contribution in [2.24, 2.45) is 0 Å². The summed E-state index contributed by atoms with van der Waals surface area (Å²) in [7, 11) is 1.77. The van der Waals surface area contributed by atoms with Crippen molar-refractivity contribution >= 4 is 17.9 Å². The monoisotopic (exact) mass is 276 g/mol. The molecule has 0 spiro atoms. The molecule has 4 N–H and O–H groups in total. The molecule has 8 nitrogen and oxygen atoms in total. The Morgan fingerprint density at radius 1 is 1.05 bits per heavy atom. The topological polar surface area (TPSA) is 127 Å². The predicted molar refractivity (Wildman–Crippen MR) is 66.0 cm³/mol. The highest BCUT2D eigenvalue weighted by Gasteiger charge is 2.28. The van der Waals surface area contributed by atoms with E-state index >= 15 is 0 Å². The smallest absolute Gasteiger partial charge is 0.320 e. The highest BCUT2D eigenvalue weighted by atomic mass is 16.4. The minimum absolute atomic E-state index is 0.220. The van der Waals surface area contributed by atoms with Gasteiger partial charge in [-0.15, -0.1) is 0 Å². The molecule has 0 aliphatic carbocycles. The van der Waals surface area contributed by atoms with E-state index < -0.39 is 37.0 Å². The fourth-order valence-corrected chi connectivity index (χ4v) is 1.73. The molecule has 1 atom stereocenters. The number of carbonyl (C=O) groups is 3. The number of carboxylic acids is 3. The average molecular weight is 276 g/mol. The maximum Gasteiger partial charge on any atom is 0.320 e. The first kappa shape index (κ1) is 17.3. The Kier molecular flexibility index (Phi) is 8.47. The van der Waals surface area contributed by atoms with E-state index in [0.29, 0.717) is 6.42 Å². The summed E-state index contributed by atoms with van der Waals surface area (Å²) in [6.07, 6.45) is 1.54. The van der Waals surface area contributed by atoms with Crippen LogP contribution in [0.5, 0.6) is 0 Å². The molecule has 0 aliphatic heterocycles. The number of nitrogens with zero attached hydrogens (tertiary/aromatic N) is 1. The molecule has 0 heterocycles. The summed E-state index contributed by atoms with van der Waals surface area (Å²) in [5.41, 5.74) is 0. The maximum atomic E-state index is 11.1. The Labute approximate surface area is 111 Å². The molecule has 0 fully saturated rings. The third-order valence-corrected chi connectivity index (χ3v) is 2.56. The van der Waals surface area contributed by atoms with Gasteiger partial charge in [0.2, 0.25) is 0 Å². The minimum Gasteiger partial charge on any atom is -0.480 e. The van der Waals surface area contributed by atoms with E-state index in [1.54, 1.807) is 7.05 Å². The maximum absolute atomic E-state index is 11.1. The molecule has 0 aromatic heterocycles. The normalized spacial score (nSPS) is 12.3. The standard InChI is InChI=1S/C11H20N2O6/c1-12-5-3-2-4-8(11(18)19)13(6-9(14)15)7-10(16)17/h8,12H,2-7H2,1H3,(H,14,15)(H,16,17)(H,18,19). The first-order valence-electron chi connectivity index (χ1n) is 5.93. The highest BCUT2D eigenvalue weighted by Crippen LogP contribution is 2.09. The minimum atomic E-state index is -1.25. The van der Waals surface area contributed by atoms with Gasteiger partial charge in [0, 0.05) is 0 Å². The van der Waals surface area contributed by atoms with Crippen molar-refractivity contribution in [3.63, 3.8) is 0 Å². The van der Waals surface area contributed by atoms with E-state index in [4.69, 9.17) is 15.3 Å². The summed E-state index contributed by atoms with van der Waals surface area (Å²) in [6.45, 7) is -0.477. The van der Waals surface area contributed by atoms with Gasteiger partial charge in [0.25, 0.3) is 0 Å². The van der Waals surface area contributed by atoms with Crippen LogP contribution in [-0.4, -0.2) is 70.9 Å². The van der Waals surface area contributed by atoms with Gasteiger partial charge < -0.3 is 20.6 Å². The molecule has 19 heavy (non-hydrogen) atoms. The molecule has 0 aliphatic rings. The molecular formula is C11H20N2O6. The van der Waals surface area contributed by atoms with Crippen molar-refractivity contribution in [2.75, 3.05) is 26.7 Å². The second kappa shape index (κ2) is 9.29. The summed E-state index contributed by atoms with van der Waals surface area (Å²) in [6, 6.07) is -1.09. The Bertz CT molecular complexity index is 304. The molecule has 0 radical (unpaired) electrons. The van der Waals surface area contributed by atoms with Crippen molar-refractivity contribution in [3.8, 4) is 0 Å². The van der Waals surface area contributed by atoms with Crippen molar-refractivity contribution in [1.29, 1.82) is 0 Å². The van der Waals surface area contributed by atoms with Crippen LogP contribution in [0, 0.1) is 0 Å². The van der Waals surface area contributed by atoms with Crippen LogP contribution in [0.15, 0.2) is 0 Å². The molecule has 0 saturated carbocycles. The lowest BCUT2D eigenvalue weighted by atomic mass is 10.1. The van der Waals surface area contributed by atoms with Crippen molar-refractivity contribution in [3.05, 3.63) is 0 Å². The van der Waals surface area contributed by atoms with Gasteiger partial charge >= 0.3 is 17.9 Å². The van der Waals surface area contributed by atoms with Crippen molar-refractivity contribution in [1.82, 2.24) is 10.2 Å². The molecule has 8 heteroatoms. The third kappa shape index (κ3) is 8.11. The SMILES string of the molecule is CNCCCCC(C(=O)O)N(CC(=O)O)CC(=O)O. The number of unbranched alkanes of at least 4 members (excludes halogenated alkanes) is 1. The Morgan fingerprint density at radius 3 is 1.95 bits per heavy atom. The van der Waals surface area contributed by atoms with E-state index in [9.17, 15) is 14.4 Å². The number of nitrogens with one attached hydrogen (secondary N) is 1. The lowest BCUT2D eigenvalue weighted by Crippen LogP contribution is -2.46. The average Bonchev–Trinajstić information content (AvgIpc) is 2.26. The zero-order valence-corrected chi connectivity index (χ0v) is 10.8. The summed E-state index contributed by atoms with van der Waals surface area (Å²) in [5, 5.41) is 29.4. The van der Waals surface area contributed by atoms with Gasteiger partial charge in [-0.3, -0.25) is 19.3 Å². The molecule has 0 bridgehead atoms. The molecule has 0 rings (SSSR count). The zero-order valence-electron chi connectivity index (χ0n) is 10.8. The van der Waals surface area contributed by atoms with Gasteiger partial charge in [-0.25, -0.2) is 0 Å². The molecule has 0 aromatic rings. The Hall–Kier alpha value is -1.67. The van der Waals surface area contributed by atoms with Crippen LogP contribution in [-0.2, 0) is 14.4 Å². The van der Waals surface area contributed by atoms with Gasteiger partial charge in [0.05, 0.1) is 13.1 Å². The molecule has 0 amide bonds. The lowest BCUT2D eigenvalue weighted by molar-refractivity contribution is -0.149. The van der Waals surface area contributed by atoms with Gasteiger partial charge in [-0.05, 0) is 26.4 Å².